The number of hydrogen-bond acceptors (Lipinski definition) is 4. The molecule has 1 atom stereocenters. The lowest BCUT2D eigenvalue weighted by atomic mass is 10.0. The van der Waals surface area contributed by atoms with Crippen LogP contribution in [0, 0.1) is 5.92 Å². The first kappa shape index (κ1) is 16.2. The van der Waals surface area contributed by atoms with Crippen molar-refractivity contribution in [3.8, 4) is 0 Å². The fraction of sp³-hybridized carbons (Fsp3) is 0.500. The van der Waals surface area contributed by atoms with Gasteiger partial charge in [-0.1, -0.05) is 25.2 Å². The Bertz CT molecular complexity index is 501. The summed E-state index contributed by atoms with van der Waals surface area (Å²) >= 11 is 0.288. The predicted molar refractivity (Wildman–Crippen MR) is 67.1 cm³/mol. The zero-order chi connectivity index (χ0) is 15.5. The first-order valence-corrected chi connectivity index (χ1v) is 6.32. The zero-order valence-electron chi connectivity index (χ0n) is 10.6. The van der Waals surface area contributed by atoms with Gasteiger partial charge in [0.05, 0.1) is 6.20 Å². The van der Waals surface area contributed by atoms with Gasteiger partial charge in [0.15, 0.2) is 5.13 Å². The van der Waals surface area contributed by atoms with Gasteiger partial charge < -0.3 is 11.1 Å². The molecule has 20 heavy (non-hydrogen) atoms. The third-order valence-corrected chi connectivity index (χ3v) is 3.22. The SMILES string of the molecule is CC(C)[C@H](NC(=O)Nc1ncc(C(F)(F)F)s1)C(N)=O. The van der Waals surface area contributed by atoms with E-state index in [0.29, 0.717) is 6.20 Å². The molecule has 0 saturated carbocycles. The summed E-state index contributed by atoms with van der Waals surface area (Å²) in [5.74, 6) is -0.981. The Morgan fingerprint density at radius 2 is 2.00 bits per heavy atom. The van der Waals surface area contributed by atoms with Crippen LogP contribution < -0.4 is 16.4 Å². The van der Waals surface area contributed by atoms with Crippen LogP contribution in [0.4, 0.5) is 23.1 Å². The van der Waals surface area contributed by atoms with Gasteiger partial charge in [-0.15, -0.1) is 0 Å². The molecule has 0 saturated heterocycles. The van der Waals surface area contributed by atoms with E-state index in [1.54, 1.807) is 13.8 Å². The van der Waals surface area contributed by atoms with E-state index in [9.17, 15) is 22.8 Å². The Morgan fingerprint density at radius 1 is 1.40 bits per heavy atom. The fourth-order valence-electron chi connectivity index (χ4n) is 1.30. The lowest BCUT2D eigenvalue weighted by molar-refractivity contribution is -0.134. The maximum Gasteiger partial charge on any atom is 0.427 e. The number of urea groups is 1. The van der Waals surface area contributed by atoms with E-state index in [4.69, 9.17) is 5.73 Å². The molecule has 1 aromatic rings. The van der Waals surface area contributed by atoms with Crippen LogP contribution in [0.3, 0.4) is 0 Å². The predicted octanol–water partition coefficient (Wildman–Crippen LogP) is 1.79. The number of anilines is 1. The summed E-state index contributed by atoms with van der Waals surface area (Å²) in [4.78, 5) is 25.1. The summed E-state index contributed by atoms with van der Waals surface area (Å²) in [6.07, 6.45) is -3.89. The Labute approximate surface area is 116 Å². The van der Waals surface area contributed by atoms with Crippen LogP contribution in [0.2, 0.25) is 0 Å². The van der Waals surface area contributed by atoms with Crippen LogP contribution in [0.5, 0.6) is 0 Å². The van der Waals surface area contributed by atoms with Gasteiger partial charge in [-0.3, -0.25) is 10.1 Å². The molecular formula is C10H13F3N4O2S. The van der Waals surface area contributed by atoms with Crippen molar-refractivity contribution >= 4 is 28.4 Å². The topological polar surface area (TPSA) is 97.1 Å². The molecular weight excluding hydrogens is 297 g/mol. The first-order chi connectivity index (χ1) is 9.11. The standard InChI is InChI=1S/C10H13F3N4O2S/c1-4(2)6(7(14)18)16-8(19)17-9-15-3-5(20-9)10(11,12)13/h3-4,6H,1-2H3,(H2,14,18)(H2,15,16,17,19)/t6-/m0/s1. The number of nitrogens with one attached hydrogen (secondary N) is 2. The lowest BCUT2D eigenvalue weighted by Gasteiger charge is -2.18. The molecule has 0 aromatic carbocycles. The smallest absolute Gasteiger partial charge is 0.368 e. The van der Waals surface area contributed by atoms with Crippen LogP contribution in [0.1, 0.15) is 18.7 Å². The van der Waals surface area contributed by atoms with Crippen molar-refractivity contribution in [2.75, 3.05) is 5.32 Å². The van der Waals surface area contributed by atoms with Gasteiger partial charge in [-0.25, -0.2) is 9.78 Å². The molecule has 0 aliphatic heterocycles. The summed E-state index contributed by atoms with van der Waals surface area (Å²) in [6.45, 7) is 3.34. The number of aromatic nitrogens is 1. The van der Waals surface area contributed by atoms with Crippen molar-refractivity contribution in [1.82, 2.24) is 10.3 Å². The van der Waals surface area contributed by atoms with Crippen molar-refractivity contribution in [3.05, 3.63) is 11.1 Å². The molecule has 0 aliphatic carbocycles. The van der Waals surface area contributed by atoms with Gasteiger partial charge in [0.2, 0.25) is 5.91 Å². The van der Waals surface area contributed by atoms with Gasteiger partial charge in [0.1, 0.15) is 10.9 Å². The summed E-state index contributed by atoms with van der Waals surface area (Å²) in [6, 6.07) is -1.76. The quantitative estimate of drug-likeness (QED) is 0.791. The number of primary amides is 1. The summed E-state index contributed by atoms with van der Waals surface area (Å²) in [5.41, 5.74) is 5.10. The van der Waals surface area contributed by atoms with Crippen LogP contribution in [-0.4, -0.2) is 23.0 Å². The van der Waals surface area contributed by atoms with E-state index in [2.05, 4.69) is 15.6 Å². The molecule has 0 bridgehead atoms. The third-order valence-electron chi connectivity index (χ3n) is 2.27. The molecule has 0 spiro atoms. The second-order valence-corrected chi connectivity index (χ2v) is 5.28. The van der Waals surface area contributed by atoms with Crippen LogP contribution in [0.15, 0.2) is 6.20 Å². The van der Waals surface area contributed by atoms with E-state index in [1.165, 1.54) is 0 Å². The molecule has 0 fully saturated rings. The number of carbonyl (C=O) groups is 2. The molecule has 10 heteroatoms. The summed E-state index contributed by atoms with van der Waals surface area (Å²) in [5, 5.41) is 4.18. The van der Waals surface area contributed by atoms with Gasteiger partial charge in [0.25, 0.3) is 0 Å². The molecule has 3 amide bonds. The van der Waals surface area contributed by atoms with Gasteiger partial charge in [-0.2, -0.15) is 13.2 Å². The third kappa shape index (κ3) is 4.37. The van der Waals surface area contributed by atoms with Crippen molar-refractivity contribution in [1.29, 1.82) is 0 Å². The average molecular weight is 310 g/mol. The highest BCUT2D eigenvalue weighted by atomic mass is 32.1. The number of rotatable bonds is 4. The molecule has 1 heterocycles. The Kier molecular flexibility index (Phi) is 4.93. The maximum atomic E-state index is 12.3. The summed E-state index contributed by atoms with van der Waals surface area (Å²) < 4.78 is 37.0. The van der Waals surface area contributed by atoms with Gasteiger partial charge >= 0.3 is 12.2 Å². The van der Waals surface area contributed by atoms with Crippen molar-refractivity contribution < 1.29 is 22.8 Å². The molecule has 112 valence electrons. The minimum atomic E-state index is -4.51. The van der Waals surface area contributed by atoms with Crippen LogP contribution in [0.25, 0.3) is 0 Å². The Hall–Kier alpha value is -1.84. The van der Waals surface area contributed by atoms with Crippen molar-refractivity contribution in [2.24, 2.45) is 11.7 Å². The van der Waals surface area contributed by atoms with E-state index < -0.39 is 29.0 Å². The number of carbonyl (C=O) groups excluding carboxylic acids is 2. The molecule has 0 unspecified atom stereocenters. The number of nitrogens with two attached hydrogens (primary N) is 1. The molecule has 0 aliphatic rings. The van der Waals surface area contributed by atoms with E-state index in [-0.39, 0.29) is 22.4 Å². The van der Waals surface area contributed by atoms with Gasteiger partial charge in [0, 0.05) is 0 Å². The highest BCUT2D eigenvalue weighted by molar-refractivity contribution is 7.15. The number of amides is 3. The van der Waals surface area contributed by atoms with E-state index >= 15 is 0 Å². The molecule has 4 N–H and O–H groups in total. The Morgan fingerprint density at radius 3 is 2.40 bits per heavy atom. The molecule has 1 rings (SSSR count). The van der Waals surface area contributed by atoms with Crippen molar-refractivity contribution in [3.63, 3.8) is 0 Å². The van der Waals surface area contributed by atoms with Crippen LogP contribution >= 0.6 is 11.3 Å². The normalized spacial score (nSPS) is 13.1. The molecule has 0 radical (unpaired) electrons. The molecule has 1 aromatic heterocycles. The number of alkyl halides is 3. The van der Waals surface area contributed by atoms with Crippen LogP contribution in [-0.2, 0) is 11.0 Å². The molecule has 6 nitrogen and oxygen atoms in total. The monoisotopic (exact) mass is 310 g/mol. The fourth-order valence-corrected chi connectivity index (χ4v) is 1.98. The number of hydrogen-bond donors (Lipinski definition) is 3. The van der Waals surface area contributed by atoms with E-state index in [1.807, 2.05) is 0 Å². The summed E-state index contributed by atoms with van der Waals surface area (Å²) in [7, 11) is 0. The largest absolute Gasteiger partial charge is 0.427 e. The minimum absolute atomic E-state index is 0.221. The number of thiazole rings is 1. The average Bonchev–Trinajstić information content (AvgIpc) is 2.73. The van der Waals surface area contributed by atoms with Gasteiger partial charge in [-0.05, 0) is 5.92 Å². The number of nitrogens with zero attached hydrogens (tertiary/aromatic N) is 1. The highest BCUT2D eigenvalue weighted by Crippen LogP contribution is 2.34. The Balaban J connectivity index is 2.67. The first-order valence-electron chi connectivity index (χ1n) is 5.51. The van der Waals surface area contributed by atoms with E-state index in [0.717, 1.165) is 0 Å². The maximum absolute atomic E-state index is 12.3. The highest BCUT2D eigenvalue weighted by Gasteiger charge is 2.33. The minimum Gasteiger partial charge on any atom is -0.368 e. The second kappa shape index (κ2) is 6.07. The second-order valence-electron chi connectivity index (χ2n) is 4.25. The number of halogens is 3. The lowest BCUT2D eigenvalue weighted by Crippen LogP contribution is -2.49. The zero-order valence-corrected chi connectivity index (χ0v) is 11.4. The van der Waals surface area contributed by atoms with Crippen molar-refractivity contribution in [2.45, 2.75) is 26.1 Å².